The molecule has 0 saturated heterocycles. The van der Waals surface area contributed by atoms with Crippen LogP contribution in [0.2, 0.25) is 0 Å². The van der Waals surface area contributed by atoms with Gasteiger partial charge in [0.2, 0.25) is 5.88 Å². The van der Waals surface area contributed by atoms with E-state index < -0.39 is 11.8 Å². The quantitative estimate of drug-likeness (QED) is 0.831. The van der Waals surface area contributed by atoms with E-state index >= 15 is 0 Å². The molecule has 0 atom stereocenters. The number of para-hydroxylation sites is 1. The number of amides is 2. The molecule has 2 amide bonds. The van der Waals surface area contributed by atoms with Crippen molar-refractivity contribution in [3.05, 3.63) is 48.7 Å². The van der Waals surface area contributed by atoms with E-state index in [9.17, 15) is 9.59 Å². The SMILES string of the molecule is CC(C)CNC(=O)C(=O)Nc1ccnc(Oc2ccccc2)c1. The predicted octanol–water partition coefficient (Wildman–Crippen LogP) is 2.58. The molecule has 0 unspecified atom stereocenters. The summed E-state index contributed by atoms with van der Waals surface area (Å²) in [5.74, 6) is -0.142. The second kappa shape index (κ2) is 7.93. The molecule has 0 radical (unpaired) electrons. The molecule has 1 heterocycles. The third-order valence-corrected chi connectivity index (χ3v) is 2.84. The van der Waals surface area contributed by atoms with Crippen LogP contribution in [0.1, 0.15) is 13.8 Å². The van der Waals surface area contributed by atoms with E-state index in [1.165, 1.54) is 6.20 Å². The average Bonchev–Trinajstić information content (AvgIpc) is 2.53. The van der Waals surface area contributed by atoms with Gasteiger partial charge in [-0.15, -0.1) is 0 Å². The smallest absolute Gasteiger partial charge is 0.313 e. The molecule has 0 aliphatic carbocycles. The average molecular weight is 313 g/mol. The summed E-state index contributed by atoms with van der Waals surface area (Å²) in [5.41, 5.74) is 0.440. The van der Waals surface area contributed by atoms with Crippen molar-refractivity contribution in [3.63, 3.8) is 0 Å². The highest BCUT2D eigenvalue weighted by molar-refractivity contribution is 6.39. The summed E-state index contributed by atoms with van der Waals surface area (Å²) in [4.78, 5) is 27.5. The normalized spacial score (nSPS) is 10.2. The summed E-state index contributed by atoms with van der Waals surface area (Å²) >= 11 is 0. The minimum Gasteiger partial charge on any atom is -0.439 e. The third-order valence-electron chi connectivity index (χ3n) is 2.84. The van der Waals surface area contributed by atoms with Gasteiger partial charge in [-0.3, -0.25) is 9.59 Å². The Morgan fingerprint density at radius 1 is 1.13 bits per heavy atom. The summed E-state index contributed by atoms with van der Waals surface area (Å²) in [6.07, 6.45) is 1.50. The predicted molar refractivity (Wildman–Crippen MR) is 87.2 cm³/mol. The van der Waals surface area contributed by atoms with Crippen molar-refractivity contribution in [1.82, 2.24) is 10.3 Å². The van der Waals surface area contributed by atoms with Crippen molar-refractivity contribution in [1.29, 1.82) is 0 Å². The molecule has 2 N–H and O–H groups in total. The molecule has 0 aliphatic rings. The van der Waals surface area contributed by atoms with Crippen LogP contribution in [0, 0.1) is 5.92 Å². The highest BCUT2D eigenvalue weighted by atomic mass is 16.5. The second-order valence-corrected chi connectivity index (χ2v) is 5.36. The topological polar surface area (TPSA) is 80.3 Å². The molecule has 2 aromatic rings. The van der Waals surface area contributed by atoms with Gasteiger partial charge in [0, 0.05) is 24.5 Å². The van der Waals surface area contributed by atoms with Crippen LogP contribution in [-0.4, -0.2) is 23.3 Å². The standard InChI is InChI=1S/C17H19N3O3/c1-12(2)11-19-16(21)17(22)20-13-8-9-18-15(10-13)23-14-6-4-3-5-7-14/h3-10,12H,11H2,1-2H3,(H,19,21)(H,18,20,22). The number of benzene rings is 1. The first kappa shape index (κ1) is 16.5. The molecule has 0 bridgehead atoms. The number of aromatic nitrogens is 1. The van der Waals surface area contributed by atoms with Crippen molar-refractivity contribution in [2.24, 2.45) is 5.92 Å². The maximum absolute atomic E-state index is 11.8. The van der Waals surface area contributed by atoms with Gasteiger partial charge in [0.25, 0.3) is 0 Å². The number of rotatable bonds is 5. The molecule has 2 rings (SSSR count). The Balaban J connectivity index is 1.97. The largest absolute Gasteiger partial charge is 0.439 e. The summed E-state index contributed by atoms with van der Waals surface area (Å²) in [7, 11) is 0. The number of carbonyl (C=O) groups is 2. The zero-order valence-corrected chi connectivity index (χ0v) is 13.1. The van der Waals surface area contributed by atoms with Crippen LogP contribution in [0.15, 0.2) is 48.7 Å². The molecule has 0 saturated carbocycles. The van der Waals surface area contributed by atoms with Gasteiger partial charge >= 0.3 is 11.8 Å². The van der Waals surface area contributed by atoms with Gasteiger partial charge in [0.1, 0.15) is 5.75 Å². The van der Waals surface area contributed by atoms with Gasteiger partial charge in [-0.05, 0) is 24.1 Å². The van der Waals surface area contributed by atoms with Crippen LogP contribution >= 0.6 is 0 Å². The molecule has 23 heavy (non-hydrogen) atoms. The maximum Gasteiger partial charge on any atom is 0.313 e. The third kappa shape index (κ3) is 5.43. The molecule has 0 fully saturated rings. The Labute approximate surface area is 134 Å². The van der Waals surface area contributed by atoms with Gasteiger partial charge < -0.3 is 15.4 Å². The number of pyridine rings is 1. The Hall–Kier alpha value is -2.89. The van der Waals surface area contributed by atoms with Crippen molar-refractivity contribution < 1.29 is 14.3 Å². The molecule has 0 spiro atoms. The van der Waals surface area contributed by atoms with Crippen LogP contribution in [0.25, 0.3) is 0 Å². The van der Waals surface area contributed by atoms with E-state index in [0.717, 1.165) is 0 Å². The summed E-state index contributed by atoms with van der Waals surface area (Å²) in [6.45, 7) is 4.35. The lowest BCUT2D eigenvalue weighted by Crippen LogP contribution is -2.37. The van der Waals surface area contributed by atoms with E-state index in [-0.39, 0.29) is 5.92 Å². The first-order valence-electron chi connectivity index (χ1n) is 7.32. The van der Waals surface area contributed by atoms with Crippen LogP contribution in [0.5, 0.6) is 11.6 Å². The van der Waals surface area contributed by atoms with Crippen LogP contribution < -0.4 is 15.4 Å². The van der Waals surface area contributed by atoms with Crippen molar-refractivity contribution in [3.8, 4) is 11.6 Å². The van der Waals surface area contributed by atoms with Gasteiger partial charge in [-0.2, -0.15) is 0 Å². The Kier molecular flexibility index (Phi) is 5.68. The molecule has 6 heteroatoms. The summed E-state index contributed by atoms with van der Waals surface area (Å²) < 4.78 is 5.58. The first-order chi connectivity index (χ1) is 11.0. The van der Waals surface area contributed by atoms with E-state index in [1.54, 1.807) is 24.3 Å². The van der Waals surface area contributed by atoms with Crippen LogP contribution in [0.4, 0.5) is 5.69 Å². The van der Waals surface area contributed by atoms with E-state index in [2.05, 4.69) is 15.6 Å². The van der Waals surface area contributed by atoms with Gasteiger partial charge in [-0.25, -0.2) is 4.98 Å². The van der Waals surface area contributed by atoms with Crippen LogP contribution in [0.3, 0.4) is 0 Å². The van der Waals surface area contributed by atoms with E-state index in [0.29, 0.717) is 23.9 Å². The van der Waals surface area contributed by atoms with Crippen molar-refractivity contribution in [2.45, 2.75) is 13.8 Å². The Bertz CT molecular complexity index is 672. The number of nitrogens with one attached hydrogen (secondary N) is 2. The Morgan fingerprint density at radius 2 is 1.87 bits per heavy atom. The van der Waals surface area contributed by atoms with Gasteiger partial charge in [0.15, 0.2) is 0 Å². The molecular formula is C17H19N3O3. The monoisotopic (exact) mass is 313 g/mol. The van der Waals surface area contributed by atoms with Crippen molar-refractivity contribution in [2.75, 3.05) is 11.9 Å². The zero-order chi connectivity index (χ0) is 16.7. The lowest BCUT2D eigenvalue weighted by atomic mass is 10.2. The molecule has 0 aliphatic heterocycles. The minimum atomic E-state index is -0.720. The van der Waals surface area contributed by atoms with Crippen molar-refractivity contribution >= 4 is 17.5 Å². The van der Waals surface area contributed by atoms with E-state index in [1.807, 2.05) is 32.0 Å². The number of carbonyl (C=O) groups excluding carboxylic acids is 2. The second-order valence-electron chi connectivity index (χ2n) is 5.36. The number of hydrogen-bond donors (Lipinski definition) is 2. The zero-order valence-electron chi connectivity index (χ0n) is 13.1. The molecule has 120 valence electrons. The summed E-state index contributed by atoms with van der Waals surface area (Å²) in [5, 5.41) is 5.08. The molecule has 6 nitrogen and oxygen atoms in total. The van der Waals surface area contributed by atoms with Gasteiger partial charge in [-0.1, -0.05) is 32.0 Å². The maximum atomic E-state index is 11.8. The molecule has 1 aromatic heterocycles. The fraction of sp³-hybridized carbons (Fsp3) is 0.235. The number of ether oxygens (including phenoxy) is 1. The molecule has 1 aromatic carbocycles. The highest BCUT2D eigenvalue weighted by Crippen LogP contribution is 2.21. The van der Waals surface area contributed by atoms with Crippen LogP contribution in [-0.2, 0) is 9.59 Å². The summed E-state index contributed by atoms with van der Waals surface area (Å²) in [6, 6.07) is 12.3. The number of anilines is 1. The lowest BCUT2D eigenvalue weighted by Gasteiger charge is -2.09. The number of hydrogen-bond acceptors (Lipinski definition) is 4. The fourth-order valence-corrected chi connectivity index (χ4v) is 1.72. The minimum absolute atomic E-state index is 0.276. The molecular weight excluding hydrogens is 294 g/mol. The fourth-order valence-electron chi connectivity index (χ4n) is 1.72. The number of nitrogens with zero attached hydrogens (tertiary/aromatic N) is 1. The highest BCUT2D eigenvalue weighted by Gasteiger charge is 2.14. The van der Waals surface area contributed by atoms with E-state index in [4.69, 9.17) is 4.74 Å². The lowest BCUT2D eigenvalue weighted by molar-refractivity contribution is -0.136. The first-order valence-corrected chi connectivity index (χ1v) is 7.32. The van der Waals surface area contributed by atoms with Gasteiger partial charge in [0.05, 0.1) is 0 Å². The Morgan fingerprint density at radius 3 is 2.57 bits per heavy atom.